The fourth-order valence-electron chi connectivity index (χ4n) is 1.59. The fraction of sp³-hybridized carbons (Fsp3) is 0.0833. The minimum Gasteiger partial charge on any atom is -0.481 e. The van der Waals surface area contributed by atoms with E-state index in [0.29, 0.717) is 17.7 Å². The molecule has 8 heteroatoms. The van der Waals surface area contributed by atoms with Crippen molar-refractivity contribution in [3.63, 3.8) is 0 Å². The third-order valence-corrected chi connectivity index (χ3v) is 2.70. The molecule has 0 atom stereocenters. The Kier molecular flexibility index (Phi) is 3.26. The van der Waals surface area contributed by atoms with Crippen molar-refractivity contribution in [3.05, 3.63) is 42.3 Å². The molecule has 0 aliphatic rings. The molecular weight excluding hydrogens is 280 g/mol. The van der Waals surface area contributed by atoms with Gasteiger partial charge in [-0.1, -0.05) is 0 Å². The third kappa shape index (κ3) is 2.43. The van der Waals surface area contributed by atoms with Gasteiger partial charge in [-0.2, -0.15) is 15.0 Å². The summed E-state index contributed by atoms with van der Waals surface area (Å²) in [6.07, 6.45) is 6.55. The zero-order chi connectivity index (χ0) is 13.9. The van der Waals surface area contributed by atoms with E-state index in [2.05, 4.69) is 24.9 Å². The first-order valence-electron chi connectivity index (χ1n) is 5.66. The molecule has 0 bridgehead atoms. The number of rotatable bonds is 3. The minimum atomic E-state index is 0.106. The molecule has 0 saturated carbocycles. The lowest BCUT2D eigenvalue weighted by Crippen LogP contribution is -2.03. The topological polar surface area (TPSA) is 78.6 Å². The molecule has 0 saturated heterocycles. The summed E-state index contributed by atoms with van der Waals surface area (Å²) in [5.74, 6) is 1.35. The molecule has 3 aromatic rings. The van der Waals surface area contributed by atoms with Gasteiger partial charge in [0.2, 0.25) is 17.1 Å². The third-order valence-electron chi connectivity index (χ3n) is 2.54. The van der Waals surface area contributed by atoms with Crippen LogP contribution >= 0.6 is 11.6 Å². The highest BCUT2D eigenvalue weighted by molar-refractivity contribution is 6.28. The molecule has 3 heterocycles. The van der Waals surface area contributed by atoms with E-state index in [0.717, 1.165) is 5.56 Å². The van der Waals surface area contributed by atoms with Gasteiger partial charge in [-0.05, 0) is 17.7 Å². The van der Waals surface area contributed by atoms with E-state index in [1.54, 1.807) is 48.7 Å². The zero-order valence-corrected chi connectivity index (χ0v) is 11.2. The summed E-state index contributed by atoms with van der Waals surface area (Å²) in [6.45, 7) is 0. The number of methoxy groups -OCH3 is 1. The summed E-state index contributed by atoms with van der Waals surface area (Å²) < 4.78 is 6.66. The molecular formula is C12H9ClN6O. The molecule has 0 radical (unpaired) electrons. The molecule has 0 amide bonds. The first-order valence-corrected chi connectivity index (χ1v) is 6.04. The number of aromatic nitrogens is 6. The molecule has 20 heavy (non-hydrogen) atoms. The Bertz CT molecular complexity index is 713. The Morgan fingerprint density at radius 2 is 2.10 bits per heavy atom. The lowest BCUT2D eigenvalue weighted by Gasteiger charge is -2.05. The number of pyridine rings is 1. The molecule has 0 fully saturated rings. The lowest BCUT2D eigenvalue weighted by atomic mass is 10.3. The van der Waals surface area contributed by atoms with Crippen molar-refractivity contribution in [2.75, 3.05) is 7.11 Å². The van der Waals surface area contributed by atoms with Crippen molar-refractivity contribution < 1.29 is 4.74 Å². The van der Waals surface area contributed by atoms with Crippen LogP contribution in [0.2, 0.25) is 5.28 Å². The van der Waals surface area contributed by atoms with E-state index in [9.17, 15) is 0 Å². The standard InChI is InChI=1S/C12H9ClN6O/c1-20-9-3-2-8(6-15-9)10-16-11(13)18-12(17-10)19-5-4-14-7-19/h2-7H,1H3. The average molecular weight is 289 g/mol. The molecule has 0 spiro atoms. The van der Waals surface area contributed by atoms with E-state index in [-0.39, 0.29) is 5.28 Å². The van der Waals surface area contributed by atoms with Gasteiger partial charge in [0.1, 0.15) is 6.33 Å². The summed E-state index contributed by atoms with van der Waals surface area (Å²) in [7, 11) is 1.55. The van der Waals surface area contributed by atoms with Crippen molar-refractivity contribution in [3.8, 4) is 23.2 Å². The van der Waals surface area contributed by atoms with E-state index >= 15 is 0 Å². The quantitative estimate of drug-likeness (QED) is 0.731. The van der Waals surface area contributed by atoms with Crippen molar-refractivity contribution >= 4 is 11.6 Å². The van der Waals surface area contributed by atoms with Crippen LogP contribution in [-0.4, -0.2) is 36.6 Å². The molecule has 0 N–H and O–H groups in total. The number of ether oxygens (including phenoxy) is 1. The molecule has 0 aromatic carbocycles. The molecule has 0 aliphatic heterocycles. The Balaban J connectivity index is 2.04. The SMILES string of the molecule is COc1ccc(-c2nc(Cl)nc(-n3ccnc3)n2)cn1. The van der Waals surface area contributed by atoms with Crippen molar-refractivity contribution in [2.45, 2.75) is 0 Å². The van der Waals surface area contributed by atoms with Gasteiger partial charge >= 0.3 is 0 Å². The van der Waals surface area contributed by atoms with Gasteiger partial charge < -0.3 is 4.74 Å². The maximum atomic E-state index is 5.93. The smallest absolute Gasteiger partial charge is 0.239 e. The Labute approximate surface area is 119 Å². The highest BCUT2D eigenvalue weighted by Gasteiger charge is 2.09. The zero-order valence-electron chi connectivity index (χ0n) is 10.4. The molecule has 3 aromatic heterocycles. The normalized spacial score (nSPS) is 10.5. The molecule has 0 aliphatic carbocycles. The second-order valence-electron chi connectivity index (χ2n) is 3.79. The summed E-state index contributed by atoms with van der Waals surface area (Å²) in [5.41, 5.74) is 0.719. The predicted octanol–water partition coefficient (Wildman–Crippen LogP) is 1.78. The first kappa shape index (κ1) is 12.5. The predicted molar refractivity (Wildman–Crippen MR) is 71.7 cm³/mol. The van der Waals surface area contributed by atoms with Gasteiger partial charge in [0.15, 0.2) is 5.82 Å². The second kappa shape index (κ2) is 5.22. The van der Waals surface area contributed by atoms with Gasteiger partial charge in [0.05, 0.1) is 7.11 Å². The van der Waals surface area contributed by atoms with Crippen molar-refractivity contribution in [2.24, 2.45) is 0 Å². The first-order chi connectivity index (χ1) is 9.76. The van der Waals surface area contributed by atoms with E-state index in [4.69, 9.17) is 16.3 Å². The average Bonchev–Trinajstić information content (AvgIpc) is 3.01. The van der Waals surface area contributed by atoms with Gasteiger partial charge in [-0.25, -0.2) is 9.97 Å². The van der Waals surface area contributed by atoms with Crippen molar-refractivity contribution in [1.82, 2.24) is 29.5 Å². The number of hydrogen-bond donors (Lipinski definition) is 0. The maximum absolute atomic E-state index is 5.93. The molecule has 7 nitrogen and oxygen atoms in total. The molecule has 3 rings (SSSR count). The second-order valence-corrected chi connectivity index (χ2v) is 4.13. The van der Waals surface area contributed by atoms with Crippen LogP contribution in [0.4, 0.5) is 0 Å². The summed E-state index contributed by atoms with van der Waals surface area (Å²) >= 11 is 5.93. The van der Waals surface area contributed by atoms with Gasteiger partial charge in [-0.3, -0.25) is 4.57 Å². The van der Waals surface area contributed by atoms with Crippen LogP contribution < -0.4 is 4.74 Å². The monoisotopic (exact) mass is 288 g/mol. The van der Waals surface area contributed by atoms with Crippen molar-refractivity contribution in [1.29, 1.82) is 0 Å². The number of hydrogen-bond acceptors (Lipinski definition) is 6. The number of halogens is 1. The molecule has 0 unspecified atom stereocenters. The Morgan fingerprint density at radius 1 is 1.20 bits per heavy atom. The van der Waals surface area contributed by atoms with Crippen LogP contribution in [0, 0.1) is 0 Å². The maximum Gasteiger partial charge on any atom is 0.239 e. The van der Waals surface area contributed by atoms with Crippen LogP contribution in [0.15, 0.2) is 37.1 Å². The van der Waals surface area contributed by atoms with Crippen LogP contribution in [0.25, 0.3) is 17.3 Å². The number of imidazole rings is 1. The minimum absolute atomic E-state index is 0.106. The molecule has 100 valence electrons. The van der Waals surface area contributed by atoms with E-state index in [1.165, 1.54) is 0 Å². The summed E-state index contributed by atoms with van der Waals surface area (Å²) in [4.78, 5) is 20.5. The number of nitrogens with zero attached hydrogens (tertiary/aromatic N) is 6. The fourth-order valence-corrected chi connectivity index (χ4v) is 1.75. The summed E-state index contributed by atoms with van der Waals surface area (Å²) in [5, 5.41) is 0.106. The highest BCUT2D eigenvalue weighted by Crippen LogP contribution is 2.18. The summed E-state index contributed by atoms with van der Waals surface area (Å²) in [6, 6.07) is 3.53. The van der Waals surface area contributed by atoms with Crippen LogP contribution in [0.1, 0.15) is 0 Å². The van der Waals surface area contributed by atoms with Crippen LogP contribution in [-0.2, 0) is 0 Å². The van der Waals surface area contributed by atoms with Crippen LogP contribution in [0.3, 0.4) is 0 Å². The van der Waals surface area contributed by atoms with E-state index in [1.807, 2.05) is 0 Å². The van der Waals surface area contributed by atoms with Gasteiger partial charge in [0, 0.05) is 30.2 Å². The van der Waals surface area contributed by atoms with E-state index < -0.39 is 0 Å². The highest BCUT2D eigenvalue weighted by atomic mass is 35.5. The van der Waals surface area contributed by atoms with Crippen LogP contribution in [0.5, 0.6) is 5.88 Å². The Morgan fingerprint density at radius 3 is 2.75 bits per heavy atom. The largest absolute Gasteiger partial charge is 0.481 e. The van der Waals surface area contributed by atoms with Gasteiger partial charge in [0.25, 0.3) is 0 Å². The Hall–Kier alpha value is -2.54. The lowest BCUT2D eigenvalue weighted by molar-refractivity contribution is 0.398. The van der Waals surface area contributed by atoms with Gasteiger partial charge in [-0.15, -0.1) is 0 Å².